The summed E-state index contributed by atoms with van der Waals surface area (Å²) in [5, 5.41) is 5.73. The van der Waals surface area contributed by atoms with Gasteiger partial charge in [0.2, 0.25) is 17.7 Å². The number of benzene rings is 2. The molecule has 1 saturated carbocycles. The van der Waals surface area contributed by atoms with E-state index in [0.29, 0.717) is 18.8 Å². The number of hydrogen-bond donors (Lipinski definition) is 4. The molecule has 3 rings (SSSR count). The maximum Gasteiger partial charge on any atom is 0.243 e. The van der Waals surface area contributed by atoms with Gasteiger partial charge in [-0.1, -0.05) is 107 Å². The van der Waals surface area contributed by atoms with Crippen LogP contribution in [0.3, 0.4) is 0 Å². The summed E-state index contributed by atoms with van der Waals surface area (Å²) >= 11 is 0. The Morgan fingerprint density at radius 2 is 1.47 bits per heavy atom. The Hall–Kier alpha value is -3.19. The summed E-state index contributed by atoms with van der Waals surface area (Å²) in [6.07, 6.45) is 6.65. The molecule has 0 bridgehead atoms. The molecule has 7 heteroatoms. The Kier molecular flexibility index (Phi) is 10.5. The van der Waals surface area contributed by atoms with Gasteiger partial charge < -0.3 is 22.1 Å². The van der Waals surface area contributed by atoms with Crippen LogP contribution in [0.2, 0.25) is 0 Å². The predicted octanol–water partition coefficient (Wildman–Crippen LogP) is 3.52. The van der Waals surface area contributed by atoms with Crippen LogP contribution >= 0.6 is 0 Å². The monoisotopic (exact) mass is 520 g/mol. The minimum Gasteiger partial charge on any atom is -0.368 e. The average Bonchev–Trinajstić information content (AvgIpc) is 2.88. The molecule has 0 radical (unpaired) electrons. The van der Waals surface area contributed by atoms with E-state index >= 15 is 0 Å². The van der Waals surface area contributed by atoms with E-state index in [1.54, 1.807) is 0 Å². The number of nitrogens with two attached hydrogens (primary N) is 2. The lowest BCUT2D eigenvalue weighted by molar-refractivity contribution is -0.132. The van der Waals surface area contributed by atoms with Crippen molar-refractivity contribution >= 4 is 17.7 Å². The van der Waals surface area contributed by atoms with Crippen molar-refractivity contribution in [1.29, 1.82) is 0 Å². The molecule has 1 aliphatic carbocycles. The van der Waals surface area contributed by atoms with Crippen LogP contribution in [0.5, 0.6) is 0 Å². The predicted molar refractivity (Wildman–Crippen MR) is 151 cm³/mol. The van der Waals surface area contributed by atoms with Crippen molar-refractivity contribution in [3.8, 4) is 0 Å². The zero-order chi connectivity index (χ0) is 27.7. The van der Waals surface area contributed by atoms with Crippen molar-refractivity contribution in [2.45, 2.75) is 95.7 Å². The second kappa shape index (κ2) is 13.6. The SMILES string of the molecule is CC(C)(C)c1cccc(C[C@H](NC(=O)[C@H](CC2CCCCC2)NC(=O)[C@@H](N)Cc2ccccc2)C(N)=O)c1. The normalized spacial score (nSPS) is 16.7. The maximum atomic E-state index is 13.5. The van der Waals surface area contributed by atoms with Crippen molar-refractivity contribution in [3.63, 3.8) is 0 Å². The van der Waals surface area contributed by atoms with Crippen molar-refractivity contribution in [2.75, 3.05) is 0 Å². The molecule has 0 aliphatic heterocycles. The number of carbonyl (C=O) groups excluding carboxylic acids is 3. The van der Waals surface area contributed by atoms with Crippen molar-refractivity contribution < 1.29 is 14.4 Å². The Balaban J connectivity index is 1.72. The summed E-state index contributed by atoms with van der Waals surface area (Å²) in [5.74, 6) is -1.05. The van der Waals surface area contributed by atoms with Crippen LogP contribution in [0, 0.1) is 5.92 Å². The molecule has 1 fully saturated rings. The van der Waals surface area contributed by atoms with Gasteiger partial charge in [0.05, 0.1) is 6.04 Å². The molecule has 7 nitrogen and oxygen atoms in total. The third-order valence-electron chi connectivity index (χ3n) is 7.45. The second-order valence-electron chi connectivity index (χ2n) is 11.7. The lowest BCUT2D eigenvalue weighted by atomic mass is 9.84. The molecule has 0 aromatic heterocycles. The van der Waals surface area contributed by atoms with Gasteiger partial charge in [0, 0.05) is 6.42 Å². The van der Waals surface area contributed by atoms with Crippen molar-refractivity contribution in [2.24, 2.45) is 17.4 Å². The number of amides is 3. The van der Waals surface area contributed by atoms with Crippen LogP contribution in [0.15, 0.2) is 54.6 Å². The lowest BCUT2D eigenvalue weighted by Crippen LogP contribution is -2.56. The lowest BCUT2D eigenvalue weighted by Gasteiger charge is -2.28. The van der Waals surface area contributed by atoms with Gasteiger partial charge in [0.15, 0.2) is 0 Å². The van der Waals surface area contributed by atoms with Crippen LogP contribution in [-0.4, -0.2) is 35.8 Å². The molecule has 38 heavy (non-hydrogen) atoms. The second-order valence-corrected chi connectivity index (χ2v) is 11.7. The van der Waals surface area contributed by atoms with Crippen molar-refractivity contribution in [3.05, 3.63) is 71.3 Å². The number of primary amides is 1. The molecule has 0 spiro atoms. The zero-order valence-corrected chi connectivity index (χ0v) is 23.0. The highest BCUT2D eigenvalue weighted by Crippen LogP contribution is 2.28. The van der Waals surface area contributed by atoms with E-state index in [1.807, 2.05) is 48.5 Å². The van der Waals surface area contributed by atoms with Gasteiger partial charge in [-0.05, 0) is 40.9 Å². The smallest absolute Gasteiger partial charge is 0.243 e. The van der Waals surface area contributed by atoms with E-state index in [0.717, 1.165) is 42.4 Å². The van der Waals surface area contributed by atoms with E-state index < -0.39 is 29.9 Å². The number of rotatable bonds is 11. The first-order chi connectivity index (χ1) is 18.0. The summed E-state index contributed by atoms with van der Waals surface area (Å²) < 4.78 is 0. The van der Waals surface area contributed by atoms with E-state index in [-0.39, 0.29) is 17.7 Å². The molecule has 0 unspecified atom stereocenters. The van der Waals surface area contributed by atoms with Crippen LogP contribution < -0.4 is 22.1 Å². The molecule has 6 N–H and O–H groups in total. The first-order valence-corrected chi connectivity index (χ1v) is 13.8. The quantitative estimate of drug-likeness (QED) is 0.361. The minimum absolute atomic E-state index is 0.0463. The van der Waals surface area contributed by atoms with E-state index in [1.165, 1.54) is 6.42 Å². The highest BCUT2D eigenvalue weighted by Gasteiger charge is 2.30. The van der Waals surface area contributed by atoms with Crippen LogP contribution in [0.1, 0.15) is 76.0 Å². The average molecular weight is 521 g/mol. The van der Waals surface area contributed by atoms with Crippen molar-refractivity contribution in [1.82, 2.24) is 10.6 Å². The van der Waals surface area contributed by atoms with Gasteiger partial charge in [0.25, 0.3) is 0 Å². The minimum atomic E-state index is -0.888. The Morgan fingerprint density at radius 1 is 0.842 bits per heavy atom. The standard InChI is InChI=1S/C31H44N4O3/c1-31(2,3)24-16-10-15-23(17-24)20-26(28(33)36)34-30(38)27(19-22-13-8-5-9-14-22)35-29(37)25(32)18-21-11-6-4-7-12-21/h4,6-7,10-12,15-17,22,25-27H,5,8-9,13-14,18-20,32H2,1-3H3,(H2,33,36)(H,34,38)(H,35,37)/t25-,26-,27-/m0/s1. The molecule has 2 aromatic carbocycles. The van der Waals surface area contributed by atoms with Gasteiger partial charge in [-0.3, -0.25) is 14.4 Å². The summed E-state index contributed by atoms with van der Waals surface area (Å²) in [7, 11) is 0. The Labute approximate surface area is 227 Å². The topological polar surface area (TPSA) is 127 Å². The first kappa shape index (κ1) is 29.4. The molecular formula is C31H44N4O3. The number of nitrogens with one attached hydrogen (secondary N) is 2. The largest absolute Gasteiger partial charge is 0.368 e. The first-order valence-electron chi connectivity index (χ1n) is 13.8. The van der Waals surface area contributed by atoms with Gasteiger partial charge >= 0.3 is 0 Å². The highest BCUT2D eigenvalue weighted by molar-refractivity contribution is 5.92. The fourth-order valence-electron chi connectivity index (χ4n) is 5.12. The highest BCUT2D eigenvalue weighted by atomic mass is 16.2. The van der Waals surface area contributed by atoms with Gasteiger partial charge in [-0.25, -0.2) is 0 Å². The van der Waals surface area contributed by atoms with E-state index in [2.05, 4.69) is 37.5 Å². The van der Waals surface area contributed by atoms with Gasteiger partial charge in [-0.15, -0.1) is 0 Å². The molecule has 2 aromatic rings. The van der Waals surface area contributed by atoms with Gasteiger partial charge in [0.1, 0.15) is 12.1 Å². The molecule has 0 saturated heterocycles. The fraction of sp³-hybridized carbons (Fsp3) is 0.516. The molecule has 206 valence electrons. The summed E-state index contributed by atoms with van der Waals surface area (Å²) in [6.45, 7) is 6.38. The molecule has 1 aliphatic rings. The fourth-order valence-corrected chi connectivity index (χ4v) is 5.12. The number of carbonyl (C=O) groups is 3. The summed E-state index contributed by atoms with van der Waals surface area (Å²) in [5.41, 5.74) is 14.9. The number of hydrogen-bond acceptors (Lipinski definition) is 4. The van der Waals surface area contributed by atoms with Crippen LogP contribution in [-0.2, 0) is 32.6 Å². The zero-order valence-electron chi connectivity index (χ0n) is 23.0. The van der Waals surface area contributed by atoms with Gasteiger partial charge in [-0.2, -0.15) is 0 Å². The van der Waals surface area contributed by atoms with Crippen LogP contribution in [0.4, 0.5) is 0 Å². The molecule has 0 heterocycles. The molecule has 3 atom stereocenters. The summed E-state index contributed by atoms with van der Waals surface area (Å²) in [6, 6.07) is 15.1. The Bertz CT molecular complexity index is 1070. The maximum absolute atomic E-state index is 13.5. The molecular weight excluding hydrogens is 476 g/mol. The van der Waals surface area contributed by atoms with E-state index in [4.69, 9.17) is 11.5 Å². The Morgan fingerprint density at radius 3 is 2.11 bits per heavy atom. The third kappa shape index (κ3) is 8.98. The molecule has 3 amide bonds. The third-order valence-corrected chi connectivity index (χ3v) is 7.45. The van der Waals surface area contributed by atoms with Crippen LogP contribution in [0.25, 0.3) is 0 Å². The summed E-state index contributed by atoms with van der Waals surface area (Å²) in [4.78, 5) is 38.9. The van der Waals surface area contributed by atoms with E-state index in [9.17, 15) is 14.4 Å².